The van der Waals surface area contributed by atoms with Crippen molar-refractivity contribution in [1.29, 1.82) is 0 Å². The minimum Gasteiger partial charge on any atom is -0.388 e. The van der Waals surface area contributed by atoms with Crippen molar-refractivity contribution in [3.63, 3.8) is 0 Å². The van der Waals surface area contributed by atoms with E-state index in [4.69, 9.17) is 14.2 Å². The first kappa shape index (κ1) is 33.4. The van der Waals surface area contributed by atoms with E-state index in [9.17, 15) is 15.0 Å². The number of amides is 1. The number of carbonyl (C=O) groups is 1. The first-order valence-electron chi connectivity index (χ1n) is 19.4. The van der Waals surface area contributed by atoms with E-state index in [1.165, 1.54) is 38.5 Å². The molecule has 0 aromatic heterocycles. The van der Waals surface area contributed by atoms with E-state index in [-0.39, 0.29) is 46.8 Å². The van der Waals surface area contributed by atoms with Gasteiger partial charge in [0, 0.05) is 13.0 Å². The molecule has 266 valence electrons. The number of hydrogen-bond donors (Lipinski definition) is 3. The van der Waals surface area contributed by atoms with Gasteiger partial charge in [0.1, 0.15) is 6.10 Å². The topological polar surface area (TPSA) is 100 Å². The summed E-state index contributed by atoms with van der Waals surface area (Å²) in [5, 5.41) is 25.0. The molecule has 13 atom stereocenters. The van der Waals surface area contributed by atoms with Crippen LogP contribution in [0.2, 0.25) is 0 Å². The second-order valence-corrected chi connectivity index (χ2v) is 19.6. The van der Waals surface area contributed by atoms with Gasteiger partial charge in [0.05, 0.1) is 37.1 Å². The van der Waals surface area contributed by atoms with Gasteiger partial charge < -0.3 is 34.6 Å². The number of aliphatic hydroxyl groups is 2. The average Bonchev–Trinajstić information content (AvgIpc) is 3.58. The number of aliphatic hydroxyl groups excluding tert-OH is 1. The third kappa shape index (κ3) is 4.69. The van der Waals surface area contributed by atoms with Crippen molar-refractivity contribution in [3.05, 3.63) is 0 Å². The fraction of sp³-hybridized carbons (Fsp3) is 0.974. The average molecular weight is 657 g/mol. The molecule has 1 amide bonds. The first-order valence-corrected chi connectivity index (χ1v) is 19.4. The van der Waals surface area contributed by atoms with Gasteiger partial charge in [0.15, 0.2) is 6.29 Å². The zero-order chi connectivity index (χ0) is 33.4. The molecule has 0 bridgehead atoms. The van der Waals surface area contributed by atoms with E-state index in [0.717, 1.165) is 32.4 Å². The van der Waals surface area contributed by atoms with Crippen molar-refractivity contribution in [2.24, 2.45) is 56.7 Å². The summed E-state index contributed by atoms with van der Waals surface area (Å²) in [6.07, 6.45) is 10.2. The predicted molar refractivity (Wildman–Crippen MR) is 179 cm³/mol. The van der Waals surface area contributed by atoms with Crippen LogP contribution in [0.1, 0.15) is 113 Å². The molecule has 0 radical (unpaired) electrons. The van der Waals surface area contributed by atoms with E-state index in [2.05, 4.69) is 39.9 Å². The standard InChI is InChI=1S/C39H64N2O6/c1-23-16-25(33(43)35(4,5)44)46-26-18-37(7)28-9-8-27-34(2,3)29(10-11-38(27)22-39(28,38)13-12-36(37,6)32(23)26)47-31-21-41(14-15-45-31)30(42)17-24-19-40-20-24/h23-29,31-33,40,43-44H,8-22H2,1-7H3/t23-,25?,26?,27?,28+,29+,31?,32?,33+,36-,37+,38?,39+/m1/s1. The van der Waals surface area contributed by atoms with Gasteiger partial charge in [-0.2, -0.15) is 0 Å². The van der Waals surface area contributed by atoms with Crippen molar-refractivity contribution in [2.45, 2.75) is 149 Å². The third-order valence-electron chi connectivity index (χ3n) is 16.8. The summed E-state index contributed by atoms with van der Waals surface area (Å²) < 4.78 is 19.9. The normalized spacial score (nSPS) is 51.0. The number of carbonyl (C=O) groups excluding carboxylic acids is 1. The minimum atomic E-state index is -1.16. The SMILES string of the molecule is C[C@@H]1CC([C@H](O)C(C)(C)O)OC2C[C@@]3(C)[C@@H]4CCC5C(C)(C)[C@@H](OC6CN(C(=O)CC7CNC7)CCO6)CCC56C[C@@]46CC[C@]3(C)C21. The largest absolute Gasteiger partial charge is 0.388 e. The number of ether oxygens (including phenoxy) is 3. The summed E-state index contributed by atoms with van der Waals surface area (Å²) >= 11 is 0. The highest BCUT2D eigenvalue weighted by Gasteiger charge is 2.83. The first-order chi connectivity index (χ1) is 22.1. The van der Waals surface area contributed by atoms with Crippen molar-refractivity contribution in [2.75, 3.05) is 32.8 Å². The van der Waals surface area contributed by atoms with Gasteiger partial charge in [-0.05, 0) is 141 Å². The smallest absolute Gasteiger partial charge is 0.223 e. The maximum absolute atomic E-state index is 13.0. The Kier molecular flexibility index (Phi) is 7.72. The lowest BCUT2D eigenvalue weighted by atomic mass is 9.41. The highest BCUT2D eigenvalue weighted by molar-refractivity contribution is 5.76. The van der Waals surface area contributed by atoms with Crippen LogP contribution in [0.15, 0.2) is 0 Å². The van der Waals surface area contributed by atoms with E-state index in [1.54, 1.807) is 13.8 Å². The molecule has 3 saturated heterocycles. The Morgan fingerprint density at radius 1 is 1.04 bits per heavy atom. The van der Waals surface area contributed by atoms with Crippen LogP contribution in [-0.2, 0) is 19.0 Å². The number of rotatable bonds is 6. The number of morpholine rings is 1. The zero-order valence-corrected chi connectivity index (χ0v) is 30.4. The van der Waals surface area contributed by atoms with Crippen molar-refractivity contribution < 1.29 is 29.2 Å². The lowest BCUT2D eigenvalue weighted by Crippen LogP contribution is -2.59. The summed E-state index contributed by atoms with van der Waals surface area (Å²) in [4.78, 5) is 15.0. The number of hydrogen-bond acceptors (Lipinski definition) is 7. The van der Waals surface area contributed by atoms with Gasteiger partial charge in [0.2, 0.25) is 5.91 Å². The third-order valence-corrected chi connectivity index (χ3v) is 16.8. The molecule has 3 N–H and O–H groups in total. The van der Waals surface area contributed by atoms with E-state index >= 15 is 0 Å². The Bertz CT molecular complexity index is 1250. The van der Waals surface area contributed by atoms with Gasteiger partial charge in [-0.25, -0.2) is 0 Å². The molecule has 8 nitrogen and oxygen atoms in total. The number of fused-ring (bicyclic) bond motifs is 4. The fourth-order valence-electron chi connectivity index (χ4n) is 14.2. The molecule has 5 saturated carbocycles. The summed E-state index contributed by atoms with van der Waals surface area (Å²) in [5.74, 6) is 3.07. The van der Waals surface area contributed by atoms with Crippen LogP contribution in [-0.4, -0.2) is 90.1 Å². The summed E-state index contributed by atoms with van der Waals surface area (Å²) in [6.45, 7) is 19.7. The van der Waals surface area contributed by atoms with Gasteiger partial charge in [-0.3, -0.25) is 4.79 Å². The molecule has 8 heteroatoms. The number of nitrogens with one attached hydrogen (secondary N) is 1. The van der Waals surface area contributed by atoms with Crippen molar-refractivity contribution in [3.8, 4) is 0 Å². The van der Waals surface area contributed by atoms with Gasteiger partial charge in [-0.15, -0.1) is 0 Å². The summed E-state index contributed by atoms with van der Waals surface area (Å²) in [5.41, 5.74) is 0.189. The van der Waals surface area contributed by atoms with Crippen LogP contribution in [0.4, 0.5) is 0 Å². The molecule has 5 aliphatic carbocycles. The van der Waals surface area contributed by atoms with Gasteiger partial charge in [0.25, 0.3) is 0 Å². The second-order valence-electron chi connectivity index (χ2n) is 19.6. The van der Waals surface area contributed by atoms with Crippen molar-refractivity contribution in [1.82, 2.24) is 10.2 Å². The molecule has 2 spiro atoms. The van der Waals surface area contributed by atoms with Crippen LogP contribution in [0.5, 0.6) is 0 Å². The monoisotopic (exact) mass is 656 g/mol. The van der Waals surface area contributed by atoms with E-state index < -0.39 is 11.7 Å². The molecule has 8 rings (SSSR count). The maximum atomic E-state index is 13.0. The molecule has 0 aromatic carbocycles. The molecule has 6 unspecified atom stereocenters. The Hall–Kier alpha value is -0.770. The fourth-order valence-corrected chi connectivity index (χ4v) is 14.2. The van der Waals surface area contributed by atoms with Gasteiger partial charge >= 0.3 is 0 Å². The van der Waals surface area contributed by atoms with Crippen LogP contribution < -0.4 is 5.32 Å². The second kappa shape index (κ2) is 10.9. The molecule has 3 heterocycles. The van der Waals surface area contributed by atoms with Gasteiger partial charge in [-0.1, -0.05) is 34.6 Å². The molecule has 3 aliphatic heterocycles. The van der Waals surface area contributed by atoms with E-state index in [1.807, 2.05) is 4.90 Å². The molecule has 47 heavy (non-hydrogen) atoms. The highest BCUT2D eigenvalue weighted by Crippen LogP contribution is 2.89. The van der Waals surface area contributed by atoms with Crippen molar-refractivity contribution >= 4 is 5.91 Å². The van der Waals surface area contributed by atoms with E-state index in [0.29, 0.717) is 66.5 Å². The molecule has 8 fully saturated rings. The molecular formula is C39H64N2O6. The minimum absolute atomic E-state index is 0.0589. The lowest BCUT2D eigenvalue weighted by Gasteiger charge is -2.63. The quantitative estimate of drug-likeness (QED) is 0.364. The molecule has 8 aliphatic rings. The Morgan fingerprint density at radius 3 is 2.47 bits per heavy atom. The maximum Gasteiger partial charge on any atom is 0.223 e. The van der Waals surface area contributed by atoms with Crippen LogP contribution in [0.3, 0.4) is 0 Å². The predicted octanol–water partition coefficient (Wildman–Crippen LogP) is 5.14. The lowest BCUT2D eigenvalue weighted by molar-refractivity contribution is -0.246. The van der Waals surface area contributed by atoms with Crippen LogP contribution in [0.25, 0.3) is 0 Å². The van der Waals surface area contributed by atoms with Crippen LogP contribution >= 0.6 is 0 Å². The summed E-state index contributed by atoms with van der Waals surface area (Å²) in [7, 11) is 0. The number of nitrogens with zero attached hydrogens (tertiary/aromatic N) is 1. The highest BCUT2D eigenvalue weighted by atomic mass is 16.7. The molecule has 0 aromatic rings. The van der Waals surface area contributed by atoms with Crippen LogP contribution in [0, 0.1) is 56.7 Å². The Balaban J connectivity index is 0.976. The Morgan fingerprint density at radius 2 is 1.77 bits per heavy atom. The zero-order valence-electron chi connectivity index (χ0n) is 30.4. The molecular weight excluding hydrogens is 592 g/mol. The Labute approximate surface area is 283 Å². The summed E-state index contributed by atoms with van der Waals surface area (Å²) in [6, 6.07) is 0.